The van der Waals surface area contributed by atoms with Gasteiger partial charge in [-0.1, -0.05) is 30.3 Å². The van der Waals surface area contributed by atoms with E-state index in [1.165, 1.54) is 6.08 Å². The molecule has 2 aromatic carbocycles. The molecular formula is C14H11BrO3. The summed E-state index contributed by atoms with van der Waals surface area (Å²) < 4.78 is 6.38. The molecule has 0 aliphatic rings. The van der Waals surface area contributed by atoms with Crippen molar-refractivity contribution in [3.8, 4) is 5.75 Å². The Hall–Kier alpha value is -1.81. The largest absolute Gasteiger partial charge is 0.488 e. The second kappa shape index (κ2) is 5.69. The molecule has 0 bridgehead atoms. The Kier molecular flexibility index (Phi) is 3.99. The van der Waals surface area contributed by atoms with Crippen LogP contribution in [-0.4, -0.2) is 17.7 Å². The molecule has 2 aromatic rings. The van der Waals surface area contributed by atoms with E-state index in [9.17, 15) is 4.79 Å². The quantitative estimate of drug-likeness (QED) is 0.878. The van der Waals surface area contributed by atoms with Crippen LogP contribution in [-0.2, 0) is 4.79 Å². The molecule has 2 rings (SSSR count). The zero-order chi connectivity index (χ0) is 13.0. The van der Waals surface area contributed by atoms with Crippen LogP contribution in [0, 0.1) is 0 Å². The van der Waals surface area contributed by atoms with E-state index in [4.69, 9.17) is 9.84 Å². The molecule has 0 aromatic heterocycles. The summed E-state index contributed by atoms with van der Waals surface area (Å²) in [6, 6.07) is 11.8. The van der Waals surface area contributed by atoms with Gasteiger partial charge < -0.3 is 9.84 Å². The van der Waals surface area contributed by atoms with Crippen LogP contribution in [0.1, 0.15) is 0 Å². The lowest BCUT2D eigenvalue weighted by molar-refractivity contribution is -0.131. The highest BCUT2D eigenvalue weighted by atomic mass is 79.9. The van der Waals surface area contributed by atoms with Crippen LogP contribution in [0.5, 0.6) is 5.75 Å². The summed E-state index contributed by atoms with van der Waals surface area (Å²) in [6.45, 7) is 0.225. The van der Waals surface area contributed by atoms with Crippen molar-refractivity contribution in [2.24, 2.45) is 0 Å². The Morgan fingerprint density at radius 2 is 2.06 bits per heavy atom. The molecule has 92 valence electrons. The van der Waals surface area contributed by atoms with Crippen molar-refractivity contribution in [2.45, 2.75) is 0 Å². The lowest BCUT2D eigenvalue weighted by atomic mass is 10.1. The zero-order valence-electron chi connectivity index (χ0n) is 9.47. The number of aliphatic carboxylic acids is 1. The SMILES string of the molecule is O=C(O)C=CCOc1ccc2ccccc2c1Br. The lowest BCUT2D eigenvalue weighted by Crippen LogP contribution is -1.96. The average molecular weight is 307 g/mol. The molecule has 0 fully saturated rings. The standard InChI is InChI=1S/C14H11BrO3/c15-14-11-5-2-1-4-10(11)7-8-12(14)18-9-3-6-13(16)17/h1-8H,9H2,(H,16,17). The van der Waals surface area contributed by atoms with Crippen molar-refractivity contribution in [1.29, 1.82) is 0 Å². The van der Waals surface area contributed by atoms with Gasteiger partial charge >= 0.3 is 5.97 Å². The van der Waals surface area contributed by atoms with Gasteiger partial charge in [0, 0.05) is 6.08 Å². The number of rotatable bonds is 4. The molecule has 0 atom stereocenters. The third kappa shape index (κ3) is 2.90. The molecule has 0 saturated carbocycles. The van der Waals surface area contributed by atoms with E-state index in [1.807, 2.05) is 36.4 Å². The van der Waals surface area contributed by atoms with E-state index >= 15 is 0 Å². The minimum absolute atomic E-state index is 0.225. The number of halogens is 1. The summed E-state index contributed by atoms with van der Waals surface area (Å²) in [5, 5.41) is 10.6. The van der Waals surface area contributed by atoms with Crippen LogP contribution >= 0.6 is 15.9 Å². The van der Waals surface area contributed by atoms with Crippen LogP contribution in [0.25, 0.3) is 10.8 Å². The first-order valence-corrected chi connectivity index (χ1v) is 6.17. The first-order chi connectivity index (χ1) is 8.68. The van der Waals surface area contributed by atoms with Crippen molar-refractivity contribution in [3.05, 3.63) is 53.0 Å². The van der Waals surface area contributed by atoms with E-state index in [-0.39, 0.29) is 6.61 Å². The van der Waals surface area contributed by atoms with Crippen molar-refractivity contribution in [2.75, 3.05) is 6.61 Å². The summed E-state index contributed by atoms with van der Waals surface area (Å²) in [5.74, 6) is -0.278. The number of carboxylic acid groups (broad SMARTS) is 1. The number of benzene rings is 2. The first-order valence-electron chi connectivity index (χ1n) is 5.38. The predicted molar refractivity (Wildman–Crippen MR) is 73.9 cm³/mol. The summed E-state index contributed by atoms with van der Waals surface area (Å²) in [4.78, 5) is 10.3. The van der Waals surface area contributed by atoms with Gasteiger partial charge in [-0.25, -0.2) is 4.79 Å². The summed E-state index contributed by atoms with van der Waals surface area (Å²) in [5.41, 5.74) is 0. The third-order valence-corrected chi connectivity index (χ3v) is 3.24. The Labute approximate surface area is 113 Å². The predicted octanol–water partition coefficient (Wildman–Crippen LogP) is 3.62. The summed E-state index contributed by atoms with van der Waals surface area (Å²) in [6.07, 6.45) is 2.53. The van der Waals surface area contributed by atoms with Gasteiger partial charge in [-0.05, 0) is 38.8 Å². The molecule has 0 saturated heterocycles. The van der Waals surface area contributed by atoms with Gasteiger partial charge in [0.15, 0.2) is 0 Å². The van der Waals surface area contributed by atoms with Gasteiger partial charge in [0.25, 0.3) is 0 Å². The molecule has 0 unspecified atom stereocenters. The van der Waals surface area contributed by atoms with Gasteiger partial charge in [-0.15, -0.1) is 0 Å². The zero-order valence-corrected chi connectivity index (χ0v) is 11.1. The van der Waals surface area contributed by atoms with E-state index in [0.29, 0.717) is 5.75 Å². The monoisotopic (exact) mass is 306 g/mol. The third-order valence-electron chi connectivity index (χ3n) is 2.42. The molecule has 0 spiro atoms. The van der Waals surface area contributed by atoms with Crippen molar-refractivity contribution < 1.29 is 14.6 Å². The summed E-state index contributed by atoms with van der Waals surface area (Å²) in [7, 11) is 0. The van der Waals surface area contributed by atoms with Gasteiger partial charge in [0.1, 0.15) is 12.4 Å². The Morgan fingerprint density at radius 1 is 1.28 bits per heavy atom. The van der Waals surface area contributed by atoms with Crippen molar-refractivity contribution >= 4 is 32.7 Å². The molecule has 18 heavy (non-hydrogen) atoms. The number of fused-ring (bicyclic) bond motifs is 1. The molecule has 4 heteroatoms. The second-order valence-electron chi connectivity index (χ2n) is 3.65. The van der Waals surface area contributed by atoms with Gasteiger partial charge in [-0.2, -0.15) is 0 Å². The van der Waals surface area contributed by atoms with Crippen molar-refractivity contribution in [1.82, 2.24) is 0 Å². The van der Waals surface area contributed by atoms with E-state index in [0.717, 1.165) is 21.3 Å². The molecule has 0 aliphatic carbocycles. The first kappa shape index (κ1) is 12.6. The van der Waals surface area contributed by atoms with Crippen LogP contribution in [0.4, 0.5) is 0 Å². The number of carbonyl (C=O) groups is 1. The van der Waals surface area contributed by atoms with Gasteiger partial charge in [-0.3, -0.25) is 0 Å². The average Bonchev–Trinajstić information content (AvgIpc) is 2.37. The number of ether oxygens (including phenoxy) is 1. The molecule has 3 nitrogen and oxygen atoms in total. The highest BCUT2D eigenvalue weighted by Crippen LogP contribution is 2.32. The fraction of sp³-hybridized carbons (Fsp3) is 0.0714. The molecule has 0 aliphatic heterocycles. The smallest absolute Gasteiger partial charge is 0.328 e. The fourth-order valence-corrected chi connectivity index (χ4v) is 2.22. The maximum absolute atomic E-state index is 10.3. The van der Waals surface area contributed by atoms with Crippen LogP contribution in [0.15, 0.2) is 53.0 Å². The topological polar surface area (TPSA) is 46.5 Å². The molecule has 0 amide bonds. The van der Waals surface area contributed by atoms with E-state index < -0.39 is 5.97 Å². The second-order valence-corrected chi connectivity index (χ2v) is 4.44. The van der Waals surface area contributed by atoms with Crippen LogP contribution < -0.4 is 4.74 Å². The molecule has 0 heterocycles. The Morgan fingerprint density at radius 3 is 2.83 bits per heavy atom. The maximum Gasteiger partial charge on any atom is 0.328 e. The normalized spacial score (nSPS) is 10.9. The highest BCUT2D eigenvalue weighted by molar-refractivity contribution is 9.10. The maximum atomic E-state index is 10.3. The number of hydrogen-bond donors (Lipinski definition) is 1. The summed E-state index contributed by atoms with van der Waals surface area (Å²) >= 11 is 3.50. The number of hydrogen-bond acceptors (Lipinski definition) is 2. The Balaban J connectivity index is 2.19. The highest BCUT2D eigenvalue weighted by Gasteiger charge is 2.04. The number of carboxylic acids is 1. The lowest BCUT2D eigenvalue weighted by Gasteiger charge is -2.08. The van der Waals surface area contributed by atoms with Crippen LogP contribution in [0.2, 0.25) is 0 Å². The van der Waals surface area contributed by atoms with Crippen LogP contribution in [0.3, 0.4) is 0 Å². The molecular weight excluding hydrogens is 296 g/mol. The van der Waals surface area contributed by atoms with Crippen molar-refractivity contribution in [3.63, 3.8) is 0 Å². The van der Waals surface area contributed by atoms with Gasteiger partial charge in [0.2, 0.25) is 0 Å². The Bertz CT molecular complexity index is 605. The molecule has 1 N–H and O–H groups in total. The fourth-order valence-electron chi connectivity index (χ4n) is 1.61. The minimum atomic E-state index is -0.976. The minimum Gasteiger partial charge on any atom is -0.488 e. The van der Waals surface area contributed by atoms with Gasteiger partial charge in [0.05, 0.1) is 4.47 Å². The molecule has 0 radical (unpaired) electrons. The van der Waals surface area contributed by atoms with E-state index in [1.54, 1.807) is 0 Å². The van der Waals surface area contributed by atoms with E-state index in [2.05, 4.69) is 15.9 Å².